The summed E-state index contributed by atoms with van der Waals surface area (Å²) in [5.74, 6) is 0.457. The maximum Gasteiger partial charge on any atom is 0.246 e. The number of hydrogen-bond donors (Lipinski definition) is 1. The van der Waals surface area contributed by atoms with E-state index in [4.69, 9.17) is 16.3 Å². The van der Waals surface area contributed by atoms with Crippen LogP contribution in [0.3, 0.4) is 0 Å². The van der Waals surface area contributed by atoms with Crippen molar-refractivity contribution < 1.29 is 9.53 Å². The third-order valence-corrected chi connectivity index (χ3v) is 1.82. The SMILES string of the molecule is CCOCC(=O)NC(C)(C)CCCl. The van der Waals surface area contributed by atoms with E-state index in [1.165, 1.54) is 0 Å². The minimum atomic E-state index is -0.240. The Labute approximate surface area is 84.8 Å². The van der Waals surface area contributed by atoms with Crippen molar-refractivity contribution in [1.29, 1.82) is 0 Å². The van der Waals surface area contributed by atoms with Crippen LogP contribution in [-0.2, 0) is 9.53 Å². The van der Waals surface area contributed by atoms with Crippen LogP contribution in [0.2, 0.25) is 0 Å². The summed E-state index contributed by atoms with van der Waals surface area (Å²) in [6.45, 7) is 6.43. The minimum absolute atomic E-state index is 0.0861. The van der Waals surface area contributed by atoms with Gasteiger partial charge in [0.15, 0.2) is 0 Å². The Bertz CT molecular complexity index is 160. The third kappa shape index (κ3) is 6.84. The molecule has 0 aromatic rings. The van der Waals surface area contributed by atoms with Crippen molar-refractivity contribution >= 4 is 17.5 Å². The van der Waals surface area contributed by atoms with Crippen molar-refractivity contribution in [2.45, 2.75) is 32.7 Å². The second-order valence-corrected chi connectivity index (χ2v) is 3.89. The highest BCUT2D eigenvalue weighted by molar-refractivity contribution is 6.17. The second kappa shape index (κ2) is 6.22. The van der Waals surface area contributed by atoms with Gasteiger partial charge in [0.1, 0.15) is 6.61 Å². The van der Waals surface area contributed by atoms with Crippen LogP contribution in [0.5, 0.6) is 0 Å². The zero-order valence-electron chi connectivity index (χ0n) is 8.52. The van der Waals surface area contributed by atoms with Crippen LogP contribution in [0.15, 0.2) is 0 Å². The van der Waals surface area contributed by atoms with E-state index in [0.717, 1.165) is 6.42 Å². The molecule has 0 spiro atoms. The standard InChI is InChI=1S/C9H18ClNO2/c1-4-13-7-8(12)11-9(2,3)5-6-10/h4-7H2,1-3H3,(H,11,12). The Kier molecular flexibility index (Phi) is 6.08. The van der Waals surface area contributed by atoms with Crippen LogP contribution >= 0.6 is 11.6 Å². The summed E-state index contributed by atoms with van der Waals surface area (Å²) in [5, 5.41) is 2.84. The first-order valence-electron chi connectivity index (χ1n) is 4.46. The molecule has 0 rings (SSSR count). The molecule has 0 heterocycles. The van der Waals surface area contributed by atoms with Crippen LogP contribution < -0.4 is 5.32 Å². The number of ether oxygens (including phenoxy) is 1. The number of amides is 1. The Balaban J connectivity index is 3.75. The molecular weight excluding hydrogens is 190 g/mol. The zero-order valence-corrected chi connectivity index (χ0v) is 9.28. The maximum atomic E-state index is 11.2. The molecule has 1 N–H and O–H groups in total. The van der Waals surface area contributed by atoms with Crippen molar-refractivity contribution in [3.05, 3.63) is 0 Å². The first-order valence-corrected chi connectivity index (χ1v) is 5.00. The van der Waals surface area contributed by atoms with E-state index in [-0.39, 0.29) is 18.1 Å². The molecule has 0 aliphatic carbocycles. The van der Waals surface area contributed by atoms with Crippen molar-refractivity contribution in [3.63, 3.8) is 0 Å². The average Bonchev–Trinajstić information content (AvgIpc) is 1.99. The number of rotatable bonds is 6. The second-order valence-electron chi connectivity index (χ2n) is 3.51. The summed E-state index contributed by atoms with van der Waals surface area (Å²) in [4.78, 5) is 11.2. The quantitative estimate of drug-likeness (QED) is 0.672. The maximum absolute atomic E-state index is 11.2. The van der Waals surface area contributed by atoms with Gasteiger partial charge in [0.05, 0.1) is 0 Å². The molecule has 1 amide bonds. The normalized spacial score (nSPS) is 11.4. The molecule has 13 heavy (non-hydrogen) atoms. The number of halogens is 1. The molecule has 0 saturated heterocycles. The number of carbonyl (C=O) groups excluding carboxylic acids is 1. The highest BCUT2D eigenvalue weighted by Crippen LogP contribution is 2.08. The lowest BCUT2D eigenvalue weighted by Gasteiger charge is -2.25. The molecule has 4 heteroatoms. The van der Waals surface area contributed by atoms with E-state index in [1.54, 1.807) is 0 Å². The summed E-state index contributed by atoms with van der Waals surface area (Å²) in [6, 6.07) is 0. The molecule has 0 aliphatic heterocycles. The van der Waals surface area contributed by atoms with Crippen molar-refractivity contribution in [2.24, 2.45) is 0 Å². The smallest absolute Gasteiger partial charge is 0.246 e. The number of alkyl halides is 1. The van der Waals surface area contributed by atoms with Crippen LogP contribution in [-0.4, -0.2) is 30.5 Å². The molecule has 0 bridgehead atoms. The van der Waals surface area contributed by atoms with Gasteiger partial charge in [0.2, 0.25) is 5.91 Å². The lowest BCUT2D eigenvalue weighted by atomic mass is 10.0. The largest absolute Gasteiger partial charge is 0.372 e. The van der Waals surface area contributed by atoms with Crippen LogP contribution in [0.1, 0.15) is 27.2 Å². The highest BCUT2D eigenvalue weighted by atomic mass is 35.5. The summed E-state index contributed by atoms with van der Waals surface area (Å²) in [6.07, 6.45) is 0.756. The van der Waals surface area contributed by atoms with Gasteiger partial charge in [-0.25, -0.2) is 0 Å². The predicted octanol–water partition coefficient (Wildman–Crippen LogP) is 1.55. The van der Waals surface area contributed by atoms with Gasteiger partial charge in [-0.2, -0.15) is 0 Å². The number of hydrogen-bond acceptors (Lipinski definition) is 2. The lowest BCUT2D eigenvalue weighted by Crippen LogP contribution is -2.45. The number of nitrogens with one attached hydrogen (secondary N) is 1. The van der Waals surface area contributed by atoms with Crippen LogP contribution in [0, 0.1) is 0 Å². The van der Waals surface area contributed by atoms with Crippen molar-refractivity contribution in [1.82, 2.24) is 5.32 Å². The minimum Gasteiger partial charge on any atom is -0.372 e. The van der Waals surface area contributed by atoms with E-state index in [2.05, 4.69) is 5.32 Å². The first kappa shape index (κ1) is 12.7. The summed E-state index contributed by atoms with van der Waals surface area (Å²) < 4.78 is 4.97. The van der Waals surface area contributed by atoms with E-state index in [9.17, 15) is 4.79 Å². The van der Waals surface area contributed by atoms with E-state index in [1.807, 2.05) is 20.8 Å². The Hall–Kier alpha value is -0.280. The Morgan fingerprint density at radius 2 is 2.15 bits per heavy atom. The van der Waals surface area contributed by atoms with E-state index < -0.39 is 0 Å². The third-order valence-electron chi connectivity index (χ3n) is 1.63. The zero-order chi connectivity index (χ0) is 10.3. The van der Waals surface area contributed by atoms with Gasteiger partial charge in [-0.3, -0.25) is 4.79 Å². The van der Waals surface area contributed by atoms with Crippen molar-refractivity contribution in [3.8, 4) is 0 Å². The molecule has 0 saturated carbocycles. The number of carbonyl (C=O) groups is 1. The molecule has 3 nitrogen and oxygen atoms in total. The monoisotopic (exact) mass is 207 g/mol. The summed E-state index contributed by atoms with van der Waals surface area (Å²) in [7, 11) is 0. The van der Waals surface area contributed by atoms with Gasteiger partial charge in [0.25, 0.3) is 0 Å². The van der Waals surface area contributed by atoms with Crippen LogP contribution in [0.4, 0.5) is 0 Å². The highest BCUT2D eigenvalue weighted by Gasteiger charge is 2.19. The topological polar surface area (TPSA) is 38.3 Å². The Morgan fingerprint density at radius 3 is 2.62 bits per heavy atom. The van der Waals surface area contributed by atoms with Gasteiger partial charge in [-0.15, -0.1) is 11.6 Å². The molecule has 0 aromatic carbocycles. The molecule has 0 aromatic heterocycles. The first-order chi connectivity index (χ1) is 6.02. The van der Waals surface area contributed by atoms with Gasteiger partial charge in [0, 0.05) is 18.0 Å². The molecule has 0 unspecified atom stereocenters. The fraction of sp³-hybridized carbons (Fsp3) is 0.889. The van der Waals surface area contributed by atoms with E-state index in [0.29, 0.717) is 12.5 Å². The van der Waals surface area contributed by atoms with Gasteiger partial charge in [-0.05, 0) is 27.2 Å². The molecule has 0 fully saturated rings. The molecule has 0 aliphatic rings. The Morgan fingerprint density at radius 1 is 1.54 bits per heavy atom. The van der Waals surface area contributed by atoms with Gasteiger partial charge in [-0.1, -0.05) is 0 Å². The predicted molar refractivity (Wildman–Crippen MR) is 54.1 cm³/mol. The molecule has 0 atom stereocenters. The summed E-state index contributed by atoms with van der Waals surface area (Å²) in [5.41, 5.74) is -0.240. The molecular formula is C9H18ClNO2. The van der Waals surface area contributed by atoms with Crippen molar-refractivity contribution in [2.75, 3.05) is 19.1 Å². The molecule has 0 radical (unpaired) electrons. The van der Waals surface area contributed by atoms with Crippen LogP contribution in [0.25, 0.3) is 0 Å². The fourth-order valence-electron chi connectivity index (χ4n) is 0.907. The van der Waals surface area contributed by atoms with E-state index >= 15 is 0 Å². The summed E-state index contributed by atoms with van der Waals surface area (Å²) >= 11 is 5.59. The molecule has 78 valence electrons. The van der Waals surface area contributed by atoms with Gasteiger partial charge < -0.3 is 10.1 Å². The average molecular weight is 208 g/mol. The lowest BCUT2D eigenvalue weighted by molar-refractivity contribution is -0.127. The van der Waals surface area contributed by atoms with Gasteiger partial charge >= 0.3 is 0 Å². The fourth-order valence-corrected chi connectivity index (χ4v) is 1.38.